The maximum atomic E-state index is 12.3. The van der Waals surface area contributed by atoms with Gasteiger partial charge in [-0.2, -0.15) is 10.2 Å². The number of anilines is 4. The summed E-state index contributed by atoms with van der Waals surface area (Å²) in [7, 11) is 0. The number of pyridine rings is 4. The largest absolute Gasteiger partial charge is 0.444 e. The predicted octanol–water partition coefficient (Wildman–Crippen LogP) is 9.36. The Morgan fingerprint density at radius 3 is 1.81 bits per heavy atom. The highest BCUT2D eigenvalue weighted by atomic mass is 79.9. The number of carbonyl (C=O) groups excluding carboxylic acids is 1. The Labute approximate surface area is 323 Å². The standard InChI is InChI=1S/C25H30N6O2.C15H14BrN5/c1-16(2)18-13-23(30-27-15-18)29-22-7-6-20-21(28-22)12-19(14-26-20)17-8-10-31(11-9-17)24(32)33-25(3,4)5;1-9(2)10-5-15(21-18-7-10)20-14-4-3-12-13(19-14)6-11(16)8-17-12/h6-8,12-16H,9-11H2,1-5H3,(H,28,29,30);3-9H,1-2H3,(H,19,20,21). The number of fused-ring (bicyclic) bond motifs is 2. The highest BCUT2D eigenvalue weighted by Gasteiger charge is 2.24. The Kier molecular flexibility index (Phi) is 11.7. The Bertz CT molecular complexity index is 2310. The molecule has 1 amide bonds. The lowest BCUT2D eigenvalue weighted by atomic mass is 10.0. The van der Waals surface area contributed by atoms with Crippen LogP contribution in [0.4, 0.5) is 28.1 Å². The SMILES string of the molecule is CC(C)c1cnnc(Nc2ccc3ncc(Br)cc3n2)c1.CC(C)c1cnnc(Nc2ccc3ncc(C4=CCN(C(=O)OC(C)(C)C)CC4)cc3n2)c1. The molecule has 0 atom stereocenters. The summed E-state index contributed by atoms with van der Waals surface area (Å²) < 4.78 is 6.38. The molecule has 6 aromatic heterocycles. The lowest BCUT2D eigenvalue weighted by Gasteiger charge is -2.29. The number of amides is 1. The van der Waals surface area contributed by atoms with Crippen LogP contribution in [0.15, 0.2) is 83.9 Å². The van der Waals surface area contributed by atoms with Gasteiger partial charge in [-0.05, 0) is 126 Å². The summed E-state index contributed by atoms with van der Waals surface area (Å²) in [4.78, 5) is 32.2. The van der Waals surface area contributed by atoms with Gasteiger partial charge < -0.3 is 20.3 Å². The molecule has 0 spiro atoms. The molecule has 6 aromatic rings. The first-order valence-electron chi connectivity index (χ1n) is 17.9. The minimum atomic E-state index is -0.498. The first-order chi connectivity index (χ1) is 25.8. The molecule has 278 valence electrons. The number of rotatable bonds is 7. The van der Waals surface area contributed by atoms with E-state index in [2.05, 4.69) is 95.7 Å². The molecule has 0 radical (unpaired) electrons. The molecule has 0 aromatic carbocycles. The smallest absolute Gasteiger partial charge is 0.410 e. The fourth-order valence-corrected chi connectivity index (χ4v) is 5.83. The number of aromatic nitrogens is 8. The van der Waals surface area contributed by atoms with Crippen LogP contribution in [-0.4, -0.2) is 70.0 Å². The Hall–Kier alpha value is -5.63. The maximum absolute atomic E-state index is 12.3. The summed E-state index contributed by atoms with van der Waals surface area (Å²) in [5.74, 6) is 3.53. The zero-order valence-corrected chi connectivity index (χ0v) is 33.1. The second kappa shape index (κ2) is 16.6. The first-order valence-corrected chi connectivity index (χ1v) is 18.6. The fraction of sp³-hybridized carbons (Fsp3) is 0.325. The van der Waals surface area contributed by atoms with Crippen LogP contribution in [0.5, 0.6) is 0 Å². The van der Waals surface area contributed by atoms with Crippen LogP contribution in [0.25, 0.3) is 27.6 Å². The van der Waals surface area contributed by atoms with E-state index in [0.717, 1.165) is 61.0 Å². The van der Waals surface area contributed by atoms with Crippen molar-refractivity contribution in [1.82, 2.24) is 45.2 Å². The fourth-order valence-electron chi connectivity index (χ4n) is 5.51. The van der Waals surface area contributed by atoms with Crippen LogP contribution in [0.2, 0.25) is 0 Å². The third-order valence-electron chi connectivity index (χ3n) is 8.47. The predicted molar refractivity (Wildman–Crippen MR) is 216 cm³/mol. The Morgan fingerprint density at radius 1 is 0.741 bits per heavy atom. The second-order valence-electron chi connectivity index (χ2n) is 14.6. The number of hydrogen-bond donors (Lipinski definition) is 2. The van der Waals surface area contributed by atoms with Gasteiger partial charge in [0.15, 0.2) is 11.6 Å². The molecule has 1 aliphatic rings. The summed E-state index contributed by atoms with van der Waals surface area (Å²) in [6.45, 7) is 15.2. The van der Waals surface area contributed by atoms with E-state index in [1.165, 1.54) is 0 Å². The lowest BCUT2D eigenvalue weighted by Crippen LogP contribution is -2.39. The molecule has 13 nitrogen and oxygen atoms in total. The topological polar surface area (TPSA) is 157 Å². The van der Waals surface area contributed by atoms with Gasteiger partial charge in [0.05, 0.1) is 34.5 Å². The summed E-state index contributed by atoms with van der Waals surface area (Å²) in [5.41, 5.74) is 7.20. The van der Waals surface area contributed by atoms with E-state index in [0.29, 0.717) is 42.4 Å². The minimum absolute atomic E-state index is 0.281. The van der Waals surface area contributed by atoms with Gasteiger partial charge in [0.1, 0.15) is 17.2 Å². The number of hydrogen-bond acceptors (Lipinski definition) is 12. The van der Waals surface area contributed by atoms with Crippen molar-refractivity contribution in [2.45, 2.75) is 72.3 Å². The maximum Gasteiger partial charge on any atom is 0.410 e. The van der Waals surface area contributed by atoms with Crippen molar-refractivity contribution in [3.8, 4) is 0 Å². The number of halogens is 1. The van der Waals surface area contributed by atoms with Crippen LogP contribution in [0.3, 0.4) is 0 Å². The molecule has 0 fully saturated rings. The molecular weight excluding hydrogens is 746 g/mol. The van der Waals surface area contributed by atoms with E-state index >= 15 is 0 Å². The molecule has 0 saturated heterocycles. The number of carbonyl (C=O) groups is 1. The van der Waals surface area contributed by atoms with Crippen molar-refractivity contribution < 1.29 is 9.53 Å². The summed E-state index contributed by atoms with van der Waals surface area (Å²) in [6.07, 6.45) is 9.70. The van der Waals surface area contributed by atoms with Gasteiger partial charge in [0, 0.05) is 30.0 Å². The van der Waals surface area contributed by atoms with Crippen LogP contribution >= 0.6 is 15.9 Å². The number of nitrogens with zero attached hydrogens (tertiary/aromatic N) is 9. The average molecular weight is 791 g/mol. The van der Waals surface area contributed by atoms with Gasteiger partial charge >= 0.3 is 6.09 Å². The molecule has 14 heteroatoms. The summed E-state index contributed by atoms with van der Waals surface area (Å²) in [6, 6.07) is 15.6. The first kappa shape index (κ1) is 38.1. The second-order valence-corrected chi connectivity index (χ2v) is 15.5. The van der Waals surface area contributed by atoms with Crippen LogP contribution in [0, 0.1) is 0 Å². The van der Waals surface area contributed by atoms with Gasteiger partial charge in [0.2, 0.25) is 0 Å². The van der Waals surface area contributed by atoms with E-state index in [4.69, 9.17) is 9.72 Å². The van der Waals surface area contributed by atoms with E-state index < -0.39 is 5.60 Å². The van der Waals surface area contributed by atoms with E-state index in [9.17, 15) is 4.79 Å². The molecule has 7 rings (SSSR count). The van der Waals surface area contributed by atoms with E-state index in [-0.39, 0.29) is 6.09 Å². The molecule has 0 saturated carbocycles. The molecule has 2 N–H and O–H groups in total. The molecule has 1 aliphatic heterocycles. The van der Waals surface area contributed by atoms with Gasteiger partial charge in [0.25, 0.3) is 0 Å². The van der Waals surface area contributed by atoms with Crippen molar-refractivity contribution in [2.24, 2.45) is 0 Å². The average Bonchev–Trinajstić information content (AvgIpc) is 3.14. The molecule has 0 unspecified atom stereocenters. The normalized spacial score (nSPS) is 13.1. The van der Waals surface area contributed by atoms with Crippen molar-refractivity contribution >= 4 is 72.9 Å². The van der Waals surface area contributed by atoms with E-state index in [1.54, 1.807) is 23.5 Å². The third kappa shape index (κ3) is 10.1. The lowest BCUT2D eigenvalue weighted by molar-refractivity contribution is 0.0270. The molecular formula is C40H44BrN11O2. The molecule has 0 bridgehead atoms. The Morgan fingerprint density at radius 2 is 1.30 bits per heavy atom. The zero-order valence-electron chi connectivity index (χ0n) is 31.5. The van der Waals surface area contributed by atoms with Crippen LogP contribution < -0.4 is 10.6 Å². The summed E-state index contributed by atoms with van der Waals surface area (Å²) in [5, 5.41) is 22.8. The molecule has 7 heterocycles. The van der Waals surface area contributed by atoms with Gasteiger partial charge in [-0.1, -0.05) is 33.8 Å². The number of nitrogens with one attached hydrogen (secondary N) is 2. The van der Waals surface area contributed by atoms with Crippen molar-refractivity contribution in [3.05, 3.63) is 101 Å². The summed E-state index contributed by atoms with van der Waals surface area (Å²) >= 11 is 3.40. The minimum Gasteiger partial charge on any atom is -0.444 e. The van der Waals surface area contributed by atoms with Crippen LogP contribution in [-0.2, 0) is 4.74 Å². The highest BCUT2D eigenvalue weighted by Crippen LogP contribution is 2.27. The van der Waals surface area contributed by atoms with Gasteiger partial charge in [-0.3, -0.25) is 9.97 Å². The molecule has 0 aliphatic carbocycles. The van der Waals surface area contributed by atoms with Gasteiger partial charge in [-0.25, -0.2) is 14.8 Å². The quantitative estimate of drug-likeness (QED) is 0.158. The Balaban J connectivity index is 0.000000203. The third-order valence-corrected chi connectivity index (χ3v) is 8.90. The molecule has 54 heavy (non-hydrogen) atoms. The van der Waals surface area contributed by atoms with Crippen LogP contribution in [0.1, 0.15) is 83.4 Å². The number of ether oxygens (including phenoxy) is 1. The van der Waals surface area contributed by atoms with Crippen molar-refractivity contribution in [1.29, 1.82) is 0 Å². The highest BCUT2D eigenvalue weighted by molar-refractivity contribution is 9.10. The zero-order chi connectivity index (χ0) is 38.4. The van der Waals surface area contributed by atoms with Crippen molar-refractivity contribution in [3.63, 3.8) is 0 Å². The van der Waals surface area contributed by atoms with Gasteiger partial charge in [-0.15, -0.1) is 10.2 Å². The monoisotopic (exact) mass is 789 g/mol. The van der Waals surface area contributed by atoms with Crippen molar-refractivity contribution in [2.75, 3.05) is 23.7 Å². The van der Waals surface area contributed by atoms with E-state index in [1.807, 2.05) is 75.5 Å².